The molecule has 0 atom stereocenters. The van der Waals surface area contributed by atoms with E-state index in [1.807, 2.05) is 20.2 Å². The molecular formula is C11H15Cl2N5. The maximum Gasteiger partial charge on any atom is 0.0869 e. The predicted octanol–water partition coefficient (Wildman–Crippen LogP) is 2.06. The molecule has 0 aliphatic rings. The van der Waals surface area contributed by atoms with Crippen LogP contribution in [0.3, 0.4) is 0 Å². The second-order valence-corrected chi connectivity index (χ2v) is 4.79. The topological polar surface area (TPSA) is 48.5 Å². The van der Waals surface area contributed by atoms with Gasteiger partial charge in [0, 0.05) is 25.5 Å². The van der Waals surface area contributed by atoms with Gasteiger partial charge in [0.15, 0.2) is 0 Å². The van der Waals surface area contributed by atoms with Crippen LogP contribution in [0.1, 0.15) is 24.0 Å². The third-order valence-electron chi connectivity index (χ3n) is 2.75. The van der Waals surface area contributed by atoms with E-state index in [1.54, 1.807) is 9.36 Å². The Morgan fingerprint density at radius 2 is 2.17 bits per heavy atom. The van der Waals surface area contributed by atoms with Crippen molar-refractivity contribution >= 4 is 23.2 Å². The molecule has 0 saturated heterocycles. The van der Waals surface area contributed by atoms with E-state index >= 15 is 0 Å². The van der Waals surface area contributed by atoms with Crippen molar-refractivity contribution in [3.63, 3.8) is 0 Å². The summed E-state index contributed by atoms with van der Waals surface area (Å²) >= 11 is 11.9. The van der Waals surface area contributed by atoms with Gasteiger partial charge in [-0.2, -0.15) is 5.10 Å². The first-order valence-electron chi connectivity index (χ1n) is 5.81. The monoisotopic (exact) mass is 287 g/mol. The normalized spacial score (nSPS) is 11.1. The van der Waals surface area contributed by atoms with E-state index in [0.29, 0.717) is 12.4 Å². The first-order valence-corrected chi connectivity index (χ1v) is 6.72. The van der Waals surface area contributed by atoms with Crippen LogP contribution >= 0.6 is 23.2 Å². The fourth-order valence-corrected chi connectivity index (χ4v) is 2.32. The van der Waals surface area contributed by atoms with Crippen LogP contribution < -0.4 is 0 Å². The largest absolute Gasteiger partial charge is 0.269 e. The van der Waals surface area contributed by atoms with E-state index in [2.05, 4.69) is 15.4 Å². The summed E-state index contributed by atoms with van der Waals surface area (Å²) in [6.45, 7) is 2.60. The van der Waals surface area contributed by atoms with E-state index in [9.17, 15) is 0 Å². The molecule has 0 saturated carbocycles. The molecule has 0 aliphatic carbocycles. The van der Waals surface area contributed by atoms with Crippen molar-refractivity contribution in [3.8, 4) is 0 Å². The third kappa shape index (κ3) is 2.67. The number of aromatic nitrogens is 5. The van der Waals surface area contributed by atoms with Gasteiger partial charge < -0.3 is 0 Å². The molecule has 18 heavy (non-hydrogen) atoms. The minimum Gasteiger partial charge on any atom is -0.269 e. The van der Waals surface area contributed by atoms with Crippen molar-refractivity contribution in [2.45, 2.75) is 26.3 Å². The van der Waals surface area contributed by atoms with Gasteiger partial charge in [0.1, 0.15) is 0 Å². The van der Waals surface area contributed by atoms with Gasteiger partial charge in [-0.05, 0) is 6.42 Å². The van der Waals surface area contributed by atoms with Gasteiger partial charge in [-0.3, -0.25) is 4.68 Å². The number of aryl methyl sites for hydroxylation is 3. The van der Waals surface area contributed by atoms with Gasteiger partial charge in [-0.25, -0.2) is 4.68 Å². The molecule has 0 N–H and O–H groups in total. The lowest BCUT2D eigenvalue weighted by Crippen LogP contribution is -2.06. The molecule has 0 unspecified atom stereocenters. The maximum atomic E-state index is 6.28. The van der Waals surface area contributed by atoms with E-state index in [-0.39, 0.29) is 0 Å². The highest BCUT2D eigenvalue weighted by Crippen LogP contribution is 2.21. The van der Waals surface area contributed by atoms with Gasteiger partial charge in [0.25, 0.3) is 0 Å². The Bertz CT molecular complexity index is 532. The van der Waals surface area contributed by atoms with Crippen molar-refractivity contribution < 1.29 is 0 Å². The van der Waals surface area contributed by atoms with Crippen molar-refractivity contribution in [3.05, 3.63) is 28.3 Å². The van der Waals surface area contributed by atoms with Gasteiger partial charge >= 0.3 is 0 Å². The van der Waals surface area contributed by atoms with Crippen molar-refractivity contribution in [1.82, 2.24) is 24.8 Å². The van der Waals surface area contributed by atoms with E-state index in [1.165, 1.54) is 0 Å². The lowest BCUT2D eigenvalue weighted by atomic mass is 10.3. The average Bonchev–Trinajstić information content (AvgIpc) is 2.89. The number of hydrogen-bond donors (Lipinski definition) is 0. The Hall–Kier alpha value is -1.07. The predicted molar refractivity (Wildman–Crippen MR) is 71.1 cm³/mol. The van der Waals surface area contributed by atoms with Crippen LogP contribution in [0.5, 0.6) is 0 Å². The van der Waals surface area contributed by atoms with Crippen LogP contribution in [-0.2, 0) is 26.4 Å². The molecule has 98 valence electrons. The number of halogens is 2. The molecule has 0 radical (unpaired) electrons. The first kappa shape index (κ1) is 13.4. The van der Waals surface area contributed by atoms with E-state index < -0.39 is 0 Å². The summed E-state index contributed by atoms with van der Waals surface area (Å²) in [5.41, 5.74) is 2.74. The van der Waals surface area contributed by atoms with Crippen LogP contribution in [0, 0.1) is 0 Å². The van der Waals surface area contributed by atoms with Crippen LogP contribution in [0.15, 0.2) is 6.20 Å². The SMILES string of the molecule is CCc1nn(C)c(Cn2cc(CCCl)nn2)c1Cl. The lowest BCUT2D eigenvalue weighted by Gasteiger charge is -2.01. The van der Waals surface area contributed by atoms with E-state index in [0.717, 1.165) is 34.9 Å². The minimum absolute atomic E-state index is 0.547. The summed E-state index contributed by atoms with van der Waals surface area (Å²) in [5.74, 6) is 0.547. The summed E-state index contributed by atoms with van der Waals surface area (Å²) < 4.78 is 3.55. The summed E-state index contributed by atoms with van der Waals surface area (Å²) in [7, 11) is 1.89. The second kappa shape index (κ2) is 5.71. The highest BCUT2D eigenvalue weighted by Gasteiger charge is 2.14. The standard InChI is InChI=1S/C11H15Cl2N5/c1-3-9-11(13)10(17(2)15-9)7-18-6-8(4-5-12)14-16-18/h6H,3-5,7H2,1-2H3. The number of hydrogen-bond acceptors (Lipinski definition) is 3. The van der Waals surface area contributed by atoms with Crippen molar-refractivity contribution in [2.75, 3.05) is 5.88 Å². The first-order chi connectivity index (χ1) is 8.65. The summed E-state index contributed by atoms with van der Waals surface area (Å²) in [6.07, 6.45) is 3.43. The Balaban J connectivity index is 2.20. The maximum absolute atomic E-state index is 6.28. The smallest absolute Gasteiger partial charge is 0.0869 e. The fourth-order valence-electron chi connectivity index (χ4n) is 1.77. The summed E-state index contributed by atoms with van der Waals surface area (Å²) in [5, 5.41) is 13.2. The third-order valence-corrected chi connectivity index (χ3v) is 3.38. The van der Waals surface area contributed by atoms with Crippen LogP contribution in [0.25, 0.3) is 0 Å². The molecule has 2 heterocycles. The molecule has 0 bridgehead atoms. The van der Waals surface area contributed by atoms with E-state index in [4.69, 9.17) is 23.2 Å². The van der Waals surface area contributed by atoms with Gasteiger partial charge in [-0.15, -0.1) is 16.7 Å². The van der Waals surface area contributed by atoms with Crippen LogP contribution in [0.4, 0.5) is 0 Å². The van der Waals surface area contributed by atoms with Crippen LogP contribution in [0.2, 0.25) is 5.02 Å². The van der Waals surface area contributed by atoms with Crippen molar-refractivity contribution in [1.29, 1.82) is 0 Å². The summed E-state index contributed by atoms with van der Waals surface area (Å²) in [4.78, 5) is 0. The molecule has 2 aromatic rings. The zero-order valence-electron chi connectivity index (χ0n) is 10.4. The molecule has 0 aromatic carbocycles. The number of rotatable bonds is 5. The Morgan fingerprint density at radius 3 is 2.78 bits per heavy atom. The molecular weight excluding hydrogens is 273 g/mol. The molecule has 0 fully saturated rings. The van der Waals surface area contributed by atoms with Gasteiger partial charge in [0.2, 0.25) is 0 Å². The molecule has 0 amide bonds. The molecule has 0 aliphatic heterocycles. The van der Waals surface area contributed by atoms with Crippen molar-refractivity contribution in [2.24, 2.45) is 7.05 Å². The minimum atomic E-state index is 0.547. The second-order valence-electron chi connectivity index (χ2n) is 4.03. The molecule has 2 aromatic heterocycles. The number of alkyl halides is 1. The zero-order chi connectivity index (χ0) is 13.1. The Labute approximate surface area is 116 Å². The Morgan fingerprint density at radius 1 is 1.39 bits per heavy atom. The van der Waals surface area contributed by atoms with Gasteiger partial charge in [-0.1, -0.05) is 23.7 Å². The highest BCUT2D eigenvalue weighted by atomic mass is 35.5. The van der Waals surface area contributed by atoms with Crippen LogP contribution in [-0.4, -0.2) is 30.7 Å². The molecule has 0 spiro atoms. The average molecular weight is 288 g/mol. The summed E-state index contributed by atoms with van der Waals surface area (Å²) in [6, 6.07) is 0. The molecule has 7 heteroatoms. The van der Waals surface area contributed by atoms with Gasteiger partial charge in [0.05, 0.1) is 28.6 Å². The zero-order valence-corrected chi connectivity index (χ0v) is 11.9. The molecule has 5 nitrogen and oxygen atoms in total. The highest BCUT2D eigenvalue weighted by molar-refractivity contribution is 6.31. The fraction of sp³-hybridized carbons (Fsp3) is 0.545. The quantitative estimate of drug-likeness (QED) is 0.791. The number of nitrogens with zero attached hydrogens (tertiary/aromatic N) is 5. The molecule has 2 rings (SSSR count). The Kier molecular flexibility index (Phi) is 4.24. The lowest BCUT2D eigenvalue weighted by molar-refractivity contribution is 0.598.